The van der Waals surface area contributed by atoms with E-state index < -0.39 is 18.1 Å². The van der Waals surface area contributed by atoms with Gasteiger partial charge in [0.15, 0.2) is 0 Å². The van der Waals surface area contributed by atoms with Gasteiger partial charge in [0.1, 0.15) is 12.6 Å². The van der Waals surface area contributed by atoms with Gasteiger partial charge in [-0.25, -0.2) is 4.79 Å². The van der Waals surface area contributed by atoms with Crippen LogP contribution >= 0.6 is 0 Å². The minimum atomic E-state index is -0.921. The summed E-state index contributed by atoms with van der Waals surface area (Å²) in [6.07, 6.45) is -0.358. The fourth-order valence-corrected chi connectivity index (χ4v) is 4.25. The smallest absolute Gasteiger partial charge is 0.407 e. The Morgan fingerprint density at radius 2 is 1.50 bits per heavy atom. The van der Waals surface area contributed by atoms with Crippen molar-refractivity contribution in [3.8, 4) is 11.1 Å². The van der Waals surface area contributed by atoms with Crippen LogP contribution in [-0.4, -0.2) is 35.7 Å². The summed E-state index contributed by atoms with van der Waals surface area (Å²) in [7, 11) is 0. The Bertz CT molecular complexity index is 1160. The number of amides is 2. The summed E-state index contributed by atoms with van der Waals surface area (Å²) in [5.41, 5.74) is 5.68. The number of fused-ring (bicyclic) bond motifs is 3. The average Bonchev–Trinajstić information content (AvgIpc) is 3.16. The average molecular weight is 459 g/mol. The summed E-state index contributed by atoms with van der Waals surface area (Å²) in [6.45, 7) is 1.97. The molecule has 0 spiro atoms. The Morgan fingerprint density at radius 3 is 2.06 bits per heavy atom. The van der Waals surface area contributed by atoms with Crippen LogP contribution in [0.1, 0.15) is 36.0 Å². The van der Waals surface area contributed by atoms with E-state index in [0.29, 0.717) is 17.7 Å². The Labute approximate surface area is 197 Å². The molecule has 7 nitrogen and oxygen atoms in total. The van der Waals surface area contributed by atoms with Crippen LogP contribution in [0, 0.1) is 0 Å². The molecular formula is C27H26N2O5. The molecule has 1 atom stereocenters. The third kappa shape index (κ3) is 5.09. The molecule has 3 aromatic rings. The molecule has 0 aliphatic heterocycles. The molecule has 7 heteroatoms. The molecule has 0 heterocycles. The van der Waals surface area contributed by atoms with Crippen LogP contribution in [0.4, 0.5) is 10.5 Å². The minimum absolute atomic E-state index is 0.0589. The molecular weight excluding hydrogens is 432 g/mol. The van der Waals surface area contributed by atoms with Crippen LogP contribution in [-0.2, 0) is 20.7 Å². The summed E-state index contributed by atoms with van der Waals surface area (Å²) < 4.78 is 5.54. The maximum Gasteiger partial charge on any atom is 0.407 e. The molecule has 3 N–H and O–H groups in total. The van der Waals surface area contributed by atoms with Crippen LogP contribution in [0.5, 0.6) is 0 Å². The number of carboxylic acid groups (broad SMARTS) is 1. The molecule has 2 amide bonds. The van der Waals surface area contributed by atoms with Crippen LogP contribution < -0.4 is 10.6 Å². The van der Waals surface area contributed by atoms with E-state index in [0.717, 1.165) is 22.3 Å². The van der Waals surface area contributed by atoms with E-state index in [1.54, 1.807) is 31.2 Å². The molecule has 174 valence electrons. The van der Waals surface area contributed by atoms with Crippen molar-refractivity contribution in [1.82, 2.24) is 5.32 Å². The van der Waals surface area contributed by atoms with Crippen molar-refractivity contribution in [2.24, 2.45) is 0 Å². The van der Waals surface area contributed by atoms with Crippen molar-refractivity contribution in [3.63, 3.8) is 0 Å². The third-order valence-corrected chi connectivity index (χ3v) is 5.94. The molecule has 34 heavy (non-hydrogen) atoms. The van der Waals surface area contributed by atoms with Crippen molar-refractivity contribution in [2.75, 3.05) is 11.9 Å². The van der Waals surface area contributed by atoms with Crippen LogP contribution in [0.25, 0.3) is 11.1 Å². The van der Waals surface area contributed by atoms with Gasteiger partial charge in [-0.3, -0.25) is 9.59 Å². The van der Waals surface area contributed by atoms with Gasteiger partial charge in [-0.15, -0.1) is 0 Å². The normalized spacial score (nSPS) is 12.9. The largest absolute Gasteiger partial charge is 0.481 e. The number of nitrogens with one attached hydrogen (secondary N) is 2. The maximum absolute atomic E-state index is 12.7. The summed E-state index contributed by atoms with van der Waals surface area (Å²) in [5.74, 6) is -1.35. The van der Waals surface area contributed by atoms with Crippen molar-refractivity contribution in [2.45, 2.75) is 31.7 Å². The fourth-order valence-electron chi connectivity index (χ4n) is 4.25. The number of ether oxygens (including phenoxy) is 1. The first-order chi connectivity index (χ1) is 16.5. The number of aliphatic carboxylic acids is 1. The van der Waals surface area contributed by atoms with Gasteiger partial charge >= 0.3 is 12.1 Å². The van der Waals surface area contributed by atoms with E-state index in [1.165, 1.54) is 0 Å². The Kier molecular flexibility index (Phi) is 6.92. The SMILES string of the molecule is CC[C@@H](NC(=O)OCC1c2ccccc2-c2ccccc21)C(=O)Nc1ccc(CC(=O)O)cc1. The summed E-state index contributed by atoms with van der Waals surface area (Å²) >= 11 is 0. The third-order valence-electron chi connectivity index (χ3n) is 5.94. The number of hydrogen-bond acceptors (Lipinski definition) is 4. The van der Waals surface area contributed by atoms with E-state index in [9.17, 15) is 14.4 Å². The lowest BCUT2D eigenvalue weighted by molar-refractivity contribution is -0.136. The minimum Gasteiger partial charge on any atom is -0.481 e. The van der Waals surface area contributed by atoms with Gasteiger partial charge in [0, 0.05) is 11.6 Å². The Balaban J connectivity index is 1.35. The van der Waals surface area contributed by atoms with Crippen LogP contribution in [0.15, 0.2) is 72.8 Å². The molecule has 0 saturated heterocycles. The lowest BCUT2D eigenvalue weighted by Gasteiger charge is -2.19. The molecule has 1 aliphatic carbocycles. The van der Waals surface area contributed by atoms with Crippen molar-refractivity contribution in [3.05, 3.63) is 89.5 Å². The van der Waals surface area contributed by atoms with Crippen molar-refractivity contribution >= 4 is 23.7 Å². The van der Waals surface area contributed by atoms with E-state index >= 15 is 0 Å². The number of anilines is 1. The molecule has 0 unspecified atom stereocenters. The first-order valence-electron chi connectivity index (χ1n) is 11.2. The highest BCUT2D eigenvalue weighted by Crippen LogP contribution is 2.44. The fraction of sp³-hybridized carbons (Fsp3) is 0.222. The Morgan fingerprint density at radius 1 is 0.912 bits per heavy atom. The maximum atomic E-state index is 12.7. The molecule has 4 rings (SSSR count). The number of carbonyl (C=O) groups excluding carboxylic acids is 2. The number of carboxylic acids is 1. The number of rotatable bonds is 8. The van der Waals surface area contributed by atoms with E-state index in [-0.39, 0.29) is 24.9 Å². The van der Waals surface area contributed by atoms with Crippen molar-refractivity contribution < 1.29 is 24.2 Å². The van der Waals surface area contributed by atoms with Crippen LogP contribution in [0.2, 0.25) is 0 Å². The van der Waals surface area contributed by atoms with E-state index in [1.807, 2.05) is 36.4 Å². The van der Waals surface area contributed by atoms with Crippen molar-refractivity contribution in [1.29, 1.82) is 0 Å². The zero-order chi connectivity index (χ0) is 24.1. The first kappa shape index (κ1) is 23.0. The van der Waals surface area contributed by atoms with E-state index in [4.69, 9.17) is 9.84 Å². The van der Waals surface area contributed by atoms with E-state index in [2.05, 4.69) is 22.8 Å². The molecule has 0 saturated carbocycles. The summed E-state index contributed by atoms with van der Waals surface area (Å²) in [4.78, 5) is 36.0. The predicted octanol–water partition coefficient (Wildman–Crippen LogP) is 4.57. The summed E-state index contributed by atoms with van der Waals surface area (Å²) in [6, 6.07) is 22.0. The van der Waals surface area contributed by atoms with Gasteiger partial charge in [0.2, 0.25) is 5.91 Å². The van der Waals surface area contributed by atoms with Gasteiger partial charge in [0.05, 0.1) is 6.42 Å². The summed E-state index contributed by atoms with van der Waals surface area (Å²) in [5, 5.41) is 14.2. The van der Waals surface area contributed by atoms with Gasteiger partial charge < -0.3 is 20.5 Å². The number of alkyl carbamates (subject to hydrolysis) is 1. The quantitative estimate of drug-likeness (QED) is 0.459. The lowest BCUT2D eigenvalue weighted by Crippen LogP contribution is -2.43. The van der Waals surface area contributed by atoms with Gasteiger partial charge in [0.25, 0.3) is 0 Å². The molecule has 0 radical (unpaired) electrons. The number of hydrogen-bond donors (Lipinski definition) is 3. The zero-order valence-corrected chi connectivity index (χ0v) is 18.8. The highest BCUT2D eigenvalue weighted by atomic mass is 16.5. The molecule has 0 fully saturated rings. The van der Waals surface area contributed by atoms with Gasteiger partial charge in [-0.2, -0.15) is 0 Å². The standard InChI is InChI=1S/C27H26N2O5/c1-2-24(26(32)28-18-13-11-17(12-14-18)15-25(30)31)29-27(33)34-16-23-21-9-5-3-7-19(21)20-8-4-6-10-22(20)23/h3-14,23-24H,2,15-16H2,1H3,(H,28,32)(H,29,33)(H,30,31)/t24-/m1/s1. The molecule has 0 aromatic heterocycles. The second-order valence-corrected chi connectivity index (χ2v) is 8.19. The van der Waals surface area contributed by atoms with Crippen LogP contribution in [0.3, 0.4) is 0 Å². The predicted molar refractivity (Wildman–Crippen MR) is 129 cm³/mol. The Hall–Kier alpha value is -4.13. The molecule has 1 aliphatic rings. The zero-order valence-electron chi connectivity index (χ0n) is 18.8. The molecule has 0 bridgehead atoms. The van der Waals surface area contributed by atoms with Gasteiger partial charge in [-0.1, -0.05) is 67.6 Å². The first-order valence-corrected chi connectivity index (χ1v) is 11.2. The topological polar surface area (TPSA) is 105 Å². The monoisotopic (exact) mass is 458 g/mol. The highest BCUT2D eigenvalue weighted by molar-refractivity contribution is 5.96. The number of benzene rings is 3. The second kappa shape index (κ2) is 10.2. The lowest BCUT2D eigenvalue weighted by atomic mass is 9.98. The second-order valence-electron chi connectivity index (χ2n) is 8.19. The highest BCUT2D eigenvalue weighted by Gasteiger charge is 2.29. The van der Waals surface area contributed by atoms with Gasteiger partial charge in [-0.05, 0) is 46.4 Å². The number of carbonyl (C=O) groups is 3. The molecule has 3 aromatic carbocycles.